The quantitative estimate of drug-likeness (QED) is 0.694. The van der Waals surface area contributed by atoms with Crippen molar-refractivity contribution in [2.45, 2.75) is 59.7 Å². The van der Waals surface area contributed by atoms with Crippen LogP contribution in [0.1, 0.15) is 44.4 Å². The molecule has 0 fully saturated rings. The standard InChI is InChI=1S/C24H31ClN2O3/c1-16-11-12-20(13-17(16)2)30-15-22(28)27(14-19-9-7-8-10-21(19)25)18(3)23(29)26-24(4,5)6/h7-13,18H,14-15H2,1-6H3,(H,26,29)/t18-/m0/s1. The van der Waals surface area contributed by atoms with Gasteiger partial charge in [-0.1, -0.05) is 35.9 Å². The number of aryl methyl sites for hydroxylation is 2. The van der Waals surface area contributed by atoms with Gasteiger partial charge in [-0.2, -0.15) is 0 Å². The lowest BCUT2D eigenvalue weighted by Gasteiger charge is -2.31. The molecule has 0 heterocycles. The van der Waals surface area contributed by atoms with E-state index in [-0.39, 0.29) is 25.0 Å². The van der Waals surface area contributed by atoms with Gasteiger partial charge in [-0.15, -0.1) is 0 Å². The number of nitrogens with one attached hydrogen (secondary N) is 1. The molecule has 1 N–H and O–H groups in total. The van der Waals surface area contributed by atoms with Crippen LogP contribution in [0.15, 0.2) is 42.5 Å². The lowest BCUT2D eigenvalue weighted by molar-refractivity contribution is -0.142. The van der Waals surface area contributed by atoms with Crippen molar-refractivity contribution in [3.63, 3.8) is 0 Å². The van der Waals surface area contributed by atoms with Gasteiger partial charge < -0.3 is 15.0 Å². The molecule has 0 saturated carbocycles. The Bertz CT molecular complexity index is 906. The van der Waals surface area contributed by atoms with E-state index >= 15 is 0 Å². The van der Waals surface area contributed by atoms with E-state index in [4.69, 9.17) is 16.3 Å². The Balaban J connectivity index is 2.20. The summed E-state index contributed by atoms with van der Waals surface area (Å²) in [4.78, 5) is 27.3. The van der Waals surface area contributed by atoms with Gasteiger partial charge in [0.25, 0.3) is 5.91 Å². The number of rotatable bonds is 7. The van der Waals surface area contributed by atoms with Crippen molar-refractivity contribution >= 4 is 23.4 Å². The van der Waals surface area contributed by atoms with Crippen LogP contribution in [-0.2, 0) is 16.1 Å². The summed E-state index contributed by atoms with van der Waals surface area (Å²) in [6, 6.07) is 12.3. The molecule has 6 heteroatoms. The van der Waals surface area contributed by atoms with Crippen LogP contribution >= 0.6 is 11.6 Å². The first-order valence-electron chi connectivity index (χ1n) is 10.0. The summed E-state index contributed by atoms with van der Waals surface area (Å²) in [5.41, 5.74) is 2.61. The molecule has 2 amide bonds. The lowest BCUT2D eigenvalue weighted by Crippen LogP contribution is -2.53. The number of ether oxygens (including phenoxy) is 1. The van der Waals surface area contributed by atoms with E-state index in [1.807, 2.05) is 71.0 Å². The van der Waals surface area contributed by atoms with E-state index in [0.717, 1.165) is 16.7 Å². The molecule has 0 bridgehead atoms. The number of halogens is 1. The number of carbonyl (C=O) groups is 2. The van der Waals surface area contributed by atoms with Crippen LogP contribution in [-0.4, -0.2) is 34.9 Å². The highest BCUT2D eigenvalue weighted by molar-refractivity contribution is 6.31. The second-order valence-corrected chi connectivity index (χ2v) is 8.97. The highest BCUT2D eigenvalue weighted by atomic mass is 35.5. The first kappa shape index (κ1) is 23.7. The maximum absolute atomic E-state index is 13.1. The van der Waals surface area contributed by atoms with Crippen LogP contribution in [0.3, 0.4) is 0 Å². The number of hydrogen-bond acceptors (Lipinski definition) is 3. The molecule has 2 aromatic rings. The normalized spacial score (nSPS) is 12.2. The second kappa shape index (κ2) is 9.98. The van der Waals surface area contributed by atoms with Crippen molar-refractivity contribution in [3.05, 3.63) is 64.2 Å². The highest BCUT2D eigenvalue weighted by Gasteiger charge is 2.29. The van der Waals surface area contributed by atoms with Crippen LogP contribution in [0, 0.1) is 13.8 Å². The van der Waals surface area contributed by atoms with Crippen molar-refractivity contribution in [1.29, 1.82) is 0 Å². The summed E-state index contributed by atoms with van der Waals surface area (Å²) in [5, 5.41) is 3.49. The lowest BCUT2D eigenvalue weighted by atomic mass is 10.1. The SMILES string of the molecule is Cc1ccc(OCC(=O)N(Cc2ccccc2Cl)[C@@H](C)C(=O)NC(C)(C)C)cc1C. The fourth-order valence-corrected chi connectivity index (χ4v) is 3.09. The van der Waals surface area contributed by atoms with E-state index in [1.165, 1.54) is 4.90 Å². The van der Waals surface area contributed by atoms with Crippen LogP contribution < -0.4 is 10.1 Å². The van der Waals surface area contributed by atoms with E-state index in [2.05, 4.69) is 5.32 Å². The minimum Gasteiger partial charge on any atom is -0.484 e. The zero-order valence-electron chi connectivity index (χ0n) is 18.6. The molecule has 1 atom stereocenters. The second-order valence-electron chi connectivity index (χ2n) is 8.56. The Morgan fingerprint density at radius 1 is 1.10 bits per heavy atom. The summed E-state index contributed by atoms with van der Waals surface area (Å²) in [6.45, 7) is 11.5. The Labute approximate surface area is 184 Å². The van der Waals surface area contributed by atoms with Crippen molar-refractivity contribution in [2.75, 3.05) is 6.61 Å². The average molecular weight is 431 g/mol. The van der Waals surface area contributed by atoms with Gasteiger partial charge in [-0.3, -0.25) is 9.59 Å². The third-order valence-electron chi connectivity index (χ3n) is 4.80. The Hall–Kier alpha value is -2.53. The molecule has 162 valence electrons. The summed E-state index contributed by atoms with van der Waals surface area (Å²) < 4.78 is 5.73. The molecule has 2 rings (SSSR count). The maximum Gasteiger partial charge on any atom is 0.261 e. The summed E-state index contributed by atoms with van der Waals surface area (Å²) in [6.07, 6.45) is 0. The molecule has 0 aliphatic heterocycles. The average Bonchev–Trinajstić information content (AvgIpc) is 2.66. The smallest absolute Gasteiger partial charge is 0.261 e. The van der Waals surface area contributed by atoms with Gasteiger partial charge in [0.05, 0.1) is 0 Å². The van der Waals surface area contributed by atoms with E-state index < -0.39 is 11.6 Å². The largest absolute Gasteiger partial charge is 0.484 e. The number of amides is 2. The molecular formula is C24H31ClN2O3. The van der Waals surface area contributed by atoms with Crippen LogP contribution in [0.4, 0.5) is 0 Å². The summed E-state index contributed by atoms with van der Waals surface area (Å²) in [7, 11) is 0. The number of hydrogen-bond donors (Lipinski definition) is 1. The van der Waals surface area contributed by atoms with Crippen molar-refractivity contribution in [1.82, 2.24) is 10.2 Å². The Kier molecular flexibility index (Phi) is 7.90. The van der Waals surface area contributed by atoms with Crippen LogP contribution in [0.5, 0.6) is 5.75 Å². The predicted octanol–water partition coefficient (Wildman–Crippen LogP) is 4.67. The van der Waals surface area contributed by atoms with E-state index in [9.17, 15) is 9.59 Å². The molecular weight excluding hydrogens is 400 g/mol. The van der Waals surface area contributed by atoms with Gasteiger partial charge in [-0.05, 0) is 76.4 Å². The zero-order chi connectivity index (χ0) is 22.5. The fraction of sp³-hybridized carbons (Fsp3) is 0.417. The number of carbonyl (C=O) groups excluding carboxylic acids is 2. The maximum atomic E-state index is 13.1. The number of nitrogens with zero attached hydrogens (tertiary/aromatic N) is 1. The van der Waals surface area contributed by atoms with Crippen LogP contribution in [0.25, 0.3) is 0 Å². The van der Waals surface area contributed by atoms with E-state index in [0.29, 0.717) is 10.8 Å². The Morgan fingerprint density at radius 3 is 2.37 bits per heavy atom. The minimum atomic E-state index is -0.684. The number of benzene rings is 2. The molecule has 0 radical (unpaired) electrons. The zero-order valence-corrected chi connectivity index (χ0v) is 19.3. The molecule has 0 unspecified atom stereocenters. The van der Waals surface area contributed by atoms with Crippen LogP contribution in [0.2, 0.25) is 5.02 Å². The van der Waals surface area contributed by atoms with E-state index in [1.54, 1.807) is 13.0 Å². The summed E-state index contributed by atoms with van der Waals surface area (Å²) >= 11 is 6.30. The molecule has 0 aromatic heterocycles. The Morgan fingerprint density at radius 2 is 1.77 bits per heavy atom. The molecule has 30 heavy (non-hydrogen) atoms. The first-order chi connectivity index (χ1) is 14.0. The molecule has 0 spiro atoms. The topological polar surface area (TPSA) is 58.6 Å². The van der Waals surface area contributed by atoms with Gasteiger partial charge in [0.2, 0.25) is 5.91 Å². The molecule has 5 nitrogen and oxygen atoms in total. The third kappa shape index (κ3) is 6.77. The predicted molar refractivity (Wildman–Crippen MR) is 121 cm³/mol. The highest BCUT2D eigenvalue weighted by Crippen LogP contribution is 2.20. The van der Waals surface area contributed by atoms with Gasteiger partial charge in [-0.25, -0.2) is 0 Å². The fourth-order valence-electron chi connectivity index (χ4n) is 2.90. The first-order valence-corrected chi connectivity index (χ1v) is 10.4. The van der Waals surface area contributed by atoms with Gasteiger partial charge in [0, 0.05) is 17.1 Å². The molecule has 0 aliphatic carbocycles. The van der Waals surface area contributed by atoms with Crippen molar-refractivity contribution in [2.24, 2.45) is 0 Å². The van der Waals surface area contributed by atoms with Gasteiger partial charge >= 0.3 is 0 Å². The minimum absolute atomic E-state index is 0.167. The van der Waals surface area contributed by atoms with Crippen molar-refractivity contribution < 1.29 is 14.3 Å². The monoisotopic (exact) mass is 430 g/mol. The van der Waals surface area contributed by atoms with Gasteiger partial charge in [0.15, 0.2) is 6.61 Å². The molecule has 0 aliphatic rings. The third-order valence-corrected chi connectivity index (χ3v) is 5.17. The molecule has 0 saturated heterocycles. The van der Waals surface area contributed by atoms with Crippen molar-refractivity contribution in [3.8, 4) is 5.75 Å². The molecule has 2 aromatic carbocycles. The summed E-state index contributed by atoms with van der Waals surface area (Å²) in [5.74, 6) is 0.106. The van der Waals surface area contributed by atoms with Gasteiger partial charge in [0.1, 0.15) is 11.8 Å².